The van der Waals surface area contributed by atoms with E-state index in [0.717, 1.165) is 44.9 Å². The lowest BCUT2D eigenvalue weighted by atomic mass is 10.0. The van der Waals surface area contributed by atoms with Gasteiger partial charge in [0.05, 0.1) is 25.4 Å². The van der Waals surface area contributed by atoms with Crippen molar-refractivity contribution in [3.63, 3.8) is 0 Å². The SMILES string of the molecule is CCCCCCC/C=C\CCCCCCCC(=O)OCCCCCCCCCCCCCCCCCCCCCCCCC(=O)NC(CO)C(O)/C=C/CCCCCCCCCCCCCCCCCCCCCCC. The summed E-state index contributed by atoms with van der Waals surface area (Å²) in [5.74, 6) is -0.0591. The van der Waals surface area contributed by atoms with Crippen molar-refractivity contribution < 1.29 is 24.5 Å². The first-order chi connectivity index (χ1) is 37.5. The largest absolute Gasteiger partial charge is 0.466 e. The van der Waals surface area contributed by atoms with Gasteiger partial charge in [-0.25, -0.2) is 0 Å². The lowest BCUT2D eigenvalue weighted by Crippen LogP contribution is -2.45. The minimum Gasteiger partial charge on any atom is -0.466 e. The number of allylic oxidation sites excluding steroid dienone is 3. The van der Waals surface area contributed by atoms with E-state index in [1.807, 2.05) is 6.08 Å². The van der Waals surface area contributed by atoms with E-state index in [1.165, 1.54) is 315 Å². The molecule has 0 aromatic rings. The molecule has 0 aliphatic rings. The summed E-state index contributed by atoms with van der Waals surface area (Å²) in [5.41, 5.74) is 0. The molecule has 2 atom stereocenters. The molecule has 0 fully saturated rings. The Labute approximate surface area is 475 Å². The number of hydrogen-bond donors (Lipinski definition) is 3. The molecular weight excluding hydrogens is 935 g/mol. The van der Waals surface area contributed by atoms with Crippen LogP contribution in [0.5, 0.6) is 0 Å². The van der Waals surface area contributed by atoms with Crippen LogP contribution in [0, 0.1) is 0 Å². The number of carbonyl (C=O) groups excluding carboxylic acids is 2. The number of aliphatic hydroxyl groups is 2. The fourth-order valence-electron chi connectivity index (χ4n) is 10.9. The van der Waals surface area contributed by atoms with Gasteiger partial charge >= 0.3 is 5.97 Å². The molecule has 0 radical (unpaired) electrons. The Morgan fingerprint density at radius 3 is 0.934 bits per heavy atom. The van der Waals surface area contributed by atoms with Crippen molar-refractivity contribution in [1.29, 1.82) is 0 Å². The molecular formula is C70H135NO5. The van der Waals surface area contributed by atoms with Gasteiger partial charge in [0, 0.05) is 12.8 Å². The van der Waals surface area contributed by atoms with Gasteiger partial charge in [-0.05, 0) is 57.8 Å². The van der Waals surface area contributed by atoms with Crippen LogP contribution in [0.1, 0.15) is 386 Å². The van der Waals surface area contributed by atoms with Gasteiger partial charge in [0.15, 0.2) is 0 Å². The Morgan fingerprint density at radius 2 is 0.618 bits per heavy atom. The van der Waals surface area contributed by atoms with Crippen LogP contribution in [-0.4, -0.2) is 47.4 Å². The third-order valence-electron chi connectivity index (χ3n) is 16.2. The van der Waals surface area contributed by atoms with Crippen LogP contribution in [0.3, 0.4) is 0 Å². The number of esters is 1. The van der Waals surface area contributed by atoms with Crippen LogP contribution in [0.25, 0.3) is 0 Å². The molecule has 6 nitrogen and oxygen atoms in total. The maximum atomic E-state index is 12.5. The van der Waals surface area contributed by atoms with Gasteiger partial charge in [-0.3, -0.25) is 9.59 Å². The smallest absolute Gasteiger partial charge is 0.305 e. The quantitative estimate of drug-likeness (QED) is 0.0320. The van der Waals surface area contributed by atoms with Crippen molar-refractivity contribution in [2.24, 2.45) is 0 Å². The first kappa shape index (κ1) is 74.3. The second-order valence-corrected chi connectivity index (χ2v) is 23.9. The predicted octanol–water partition coefficient (Wildman–Crippen LogP) is 22.1. The number of hydrogen-bond acceptors (Lipinski definition) is 5. The molecule has 0 saturated carbocycles. The van der Waals surface area contributed by atoms with E-state index in [9.17, 15) is 19.8 Å². The minimum absolute atomic E-state index is 0.00495. The number of ether oxygens (including phenoxy) is 1. The summed E-state index contributed by atoms with van der Waals surface area (Å²) >= 11 is 0. The number of amides is 1. The molecule has 0 aliphatic carbocycles. The zero-order valence-electron chi connectivity index (χ0n) is 51.5. The lowest BCUT2D eigenvalue weighted by molar-refractivity contribution is -0.143. The number of carbonyl (C=O) groups is 2. The van der Waals surface area contributed by atoms with Crippen molar-refractivity contribution in [3.8, 4) is 0 Å². The standard InChI is InChI=1S/C70H135NO5/c1-3-5-7-9-11-13-15-17-19-20-21-22-23-26-29-32-35-38-42-46-50-54-58-62-68(73)67(66-72)71-69(74)63-59-55-51-47-43-39-36-33-30-27-24-25-28-31-34-37-41-45-49-53-57-61-65-76-70(75)64-60-56-52-48-44-40-18-16-14-12-10-8-6-4-2/h16,18,58,62,67-68,72-73H,3-15,17,19-57,59-61,63-66H2,1-2H3,(H,71,74)/b18-16-,62-58+. The highest BCUT2D eigenvalue weighted by atomic mass is 16.5. The molecule has 450 valence electrons. The average molecular weight is 1070 g/mol. The van der Waals surface area contributed by atoms with E-state index in [1.54, 1.807) is 6.08 Å². The van der Waals surface area contributed by atoms with E-state index in [-0.39, 0.29) is 18.5 Å². The number of unbranched alkanes of at least 4 members (excludes halogenated alkanes) is 52. The molecule has 0 saturated heterocycles. The highest BCUT2D eigenvalue weighted by molar-refractivity contribution is 5.76. The summed E-state index contributed by atoms with van der Waals surface area (Å²) in [6.07, 6.45) is 82.4. The molecule has 0 rings (SSSR count). The van der Waals surface area contributed by atoms with Crippen molar-refractivity contribution >= 4 is 11.9 Å². The summed E-state index contributed by atoms with van der Waals surface area (Å²) in [5, 5.41) is 23.3. The zero-order chi connectivity index (χ0) is 55.0. The normalized spacial score (nSPS) is 12.6. The number of aliphatic hydroxyl groups excluding tert-OH is 2. The maximum Gasteiger partial charge on any atom is 0.305 e. The van der Waals surface area contributed by atoms with Gasteiger partial charge in [-0.15, -0.1) is 0 Å². The maximum absolute atomic E-state index is 12.5. The van der Waals surface area contributed by atoms with Gasteiger partial charge in [0.1, 0.15) is 0 Å². The predicted molar refractivity (Wildman–Crippen MR) is 333 cm³/mol. The molecule has 3 N–H and O–H groups in total. The molecule has 6 heteroatoms. The van der Waals surface area contributed by atoms with Crippen LogP contribution in [0.4, 0.5) is 0 Å². The molecule has 2 unspecified atom stereocenters. The second kappa shape index (κ2) is 65.9. The Kier molecular flexibility index (Phi) is 64.4. The van der Waals surface area contributed by atoms with E-state index in [2.05, 4.69) is 31.3 Å². The molecule has 0 aromatic heterocycles. The second-order valence-electron chi connectivity index (χ2n) is 23.9. The molecule has 0 aromatic carbocycles. The van der Waals surface area contributed by atoms with Gasteiger partial charge < -0.3 is 20.3 Å². The molecule has 0 spiro atoms. The van der Waals surface area contributed by atoms with E-state index in [0.29, 0.717) is 19.4 Å². The van der Waals surface area contributed by atoms with Crippen LogP contribution < -0.4 is 5.32 Å². The fourth-order valence-corrected chi connectivity index (χ4v) is 10.9. The summed E-state index contributed by atoms with van der Waals surface area (Å²) in [6.45, 7) is 4.93. The Hall–Kier alpha value is -1.66. The summed E-state index contributed by atoms with van der Waals surface area (Å²) < 4.78 is 5.48. The first-order valence-corrected chi connectivity index (χ1v) is 34.6. The van der Waals surface area contributed by atoms with Crippen molar-refractivity contribution in [2.75, 3.05) is 13.2 Å². The van der Waals surface area contributed by atoms with Crippen molar-refractivity contribution in [3.05, 3.63) is 24.3 Å². The molecule has 0 heterocycles. The topological polar surface area (TPSA) is 95.9 Å². The Balaban J connectivity index is 3.41. The van der Waals surface area contributed by atoms with E-state index < -0.39 is 12.1 Å². The fraction of sp³-hybridized carbons (Fsp3) is 0.914. The van der Waals surface area contributed by atoms with Gasteiger partial charge in [0.2, 0.25) is 5.91 Å². The van der Waals surface area contributed by atoms with Crippen LogP contribution in [0.15, 0.2) is 24.3 Å². The number of nitrogens with one attached hydrogen (secondary N) is 1. The Bertz CT molecular complexity index is 1190. The zero-order valence-corrected chi connectivity index (χ0v) is 51.5. The molecule has 0 aliphatic heterocycles. The summed E-state index contributed by atoms with van der Waals surface area (Å²) in [4.78, 5) is 24.6. The molecule has 0 bridgehead atoms. The monoisotopic (exact) mass is 1070 g/mol. The molecule has 1 amide bonds. The highest BCUT2D eigenvalue weighted by Gasteiger charge is 2.18. The third-order valence-corrected chi connectivity index (χ3v) is 16.2. The average Bonchev–Trinajstić information content (AvgIpc) is 3.42. The highest BCUT2D eigenvalue weighted by Crippen LogP contribution is 2.19. The third kappa shape index (κ3) is 61.6. The van der Waals surface area contributed by atoms with Crippen LogP contribution >= 0.6 is 0 Å². The van der Waals surface area contributed by atoms with Crippen molar-refractivity contribution in [2.45, 2.75) is 398 Å². The first-order valence-electron chi connectivity index (χ1n) is 34.6. The van der Waals surface area contributed by atoms with Crippen molar-refractivity contribution in [1.82, 2.24) is 5.32 Å². The summed E-state index contributed by atoms with van der Waals surface area (Å²) in [7, 11) is 0. The Morgan fingerprint density at radius 1 is 0.355 bits per heavy atom. The van der Waals surface area contributed by atoms with Gasteiger partial charge in [0.25, 0.3) is 0 Å². The van der Waals surface area contributed by atoms with Gasteiger partial charge in [-0.1, -0.05) is 340 Å². The minimum atomic E-state index is -0.846. The number of rotatable bonds is 65. The summed E-state index contributed by atoms with van der Waals surface area (Å²) in [6, 6.07) is -0.629. The van der Waals surface area contributed by atoms with Gasteiger partial charge in [-0.2, -0.15) is 0 Å². The van der Waals surface area contributed by atoms with Crippen LogP contribution in [-0.2, 0) is 14.3 Å². The van der Waals surface area contributed by atoms with E-state index in [4.69, 9.17) is 4.74 Å². The van der Waals surface area contributed by atoms with Crippen LogP contribution in [0.2, 0.25) is 0 Å². The molecule has 76 heavy (non-hydrogen) atoms. The van der Waals surface area contributed by atoms with E-state index >= 15 is 0 Å². The lowest BCUT2D eigenvalue weighted by Gasteiger charge is -2.20.